The molecule has 0 saturated carbocycles. The Hall–Kier alpha value is -2.60. The van der Waals surface area contributed by atoms with Gasteiger partial charge in [-0.05, 0) is 53.5 Å². The fraction of sp³-hybridized carbons (Fsp3) is 0.480. The molecule has 1 saturated heterocycles. The van der Waals surface area contributed by atoms with Gasteiger partial charge in [-0.15, -0.1) is 0 Å². The normalized spacial score (nSPS) is 18.8. The molecule has 2 atom stereocenters. The molecule has 2 aromatic rings. The molecular weight excluding hydrogens is 424 g/mol. The van der Waals surface area contributed by atoms with E-state index >= 15 is 0 Å². The van der Waals surface area contributed by atoms with Crippen molar-refractivity contribution in [2.45, 2.75) is 46.1 Å². The number of rotatable bonds is 6. The van der Waals surface area contributed by atoms with Crippen LogP contribution in [0.4, 0.5) is 5.82 Å². The smallest absolute Gasteiger partial charge is 0.253 e. The highest BCUT2D eigenvalue weighted by Crippen LogP contribution is 2.42. The van der Waals surface area contributed by atoms with Gasteiger partial charge in [-0.25, -0.2) is 4.98 Å². The van der Waals surface area contributed by atoms with Crippen LogP contribution in [0.2, 0.25) is 5.02 Å². The maximum absolute atomic E-state index is 13.5. The molecule has 2 unspecified atom stereocenters. The van der Waals surface area contributed by atoms with Crippen molar-refractivity contribution in [3.05, 3.63) is 58.7 Å². The van der Waals surface area contributed by atoms with Crippen molar-refractivity contribution in [2.75, 3.05) is 25.5 Å². The number of amides is 2. The fourth-order valence-electron chi connectivity index (χ4n) is 4.47. The van der Waals surface area contributed by atoms with Gasteiger partial charge in [0, 0.05) is 31.4 Å². The van der Waals surface area contributed by atoms with Crippen LogP contribution in [0.1, 0.15) is 56.0 Å². The van der Waals surface area contributed by atoms with Crippen LogP contribution in [0, 0.1) is 11.3 Å². The number of likely N-dealkylation sites (tertiary alicyclic amines) is 1. The minimum atomic E-state index is -0.589. The summed E-state index contributed by atoms with van der Waals surface area (Å²) in [5, 5.41) is 6.59. The first-order valence-corrected chi connectivity index (χ1v) is 11.5. The highest BCUT2D eigenvalue weighted by atomic mass is 35.5. The van der Waals surface area contributed by atoms with Gasteiger partial charge in [0.25, 0.3) is 5.91 Å². The molecule has 32 heavy (non-hydrogen) atoms. The first kappa shape index (κ1) is 24.1. The molecule has 6 nitrogen and oxygen atoms in total. The van der Waals surface area contributed by atoms with Crippen molar-refractivity contribution in [3.63, 3.8) is 0 Å². The van der Waals surface area contributed by atoms with E-state index in [1.807, 2.05) is 30.9 Å². The van der Waals surface area contributed by atoms with Crippen molar-refractivity contribution in [1.29, 1.82) is 0 Å². The molecule has 3 rings (SSSR count). The van der Waals surface area contributed by atoms with Crippen LogP contribution >= 0.6 is 11.6 Å². The number of aromatic nitrogens is 1. The highest BCUT2D eigenvalue weighted by molar-refractivity contribution is 6.30. The van der Waals surface area contributed by atoms with Gasteiger partial charge in [-0.1, -0.05) is 51.4 Å². The van der Waals surface area contributed by atoms with Crippen molar-refractivity contribution in [2.24, 2.45) is 11.3 Å². The summed E-state index contributed by atoms with van der Waals surface area (Å²) in [6.45, 7) is 9.60. The summed E-state index contributed by atoms with van der Waals surface area (Å²) in [7, 11) is 1.77. The third-order valence-electron chi connectivity index (χ3n) is 6.31. The third kappa shape index (κ3) is 5.41. The Bertz CT molecular complexity index is 941. The quantitative estimate of drug-likeness (QED) is 0.667. The Morgan fingerprint density at radius 2 is 1.84 bits per heavy atom. The highest BCUT2D eigenvalue weighted by Gasteiger charge is 2.40. The van der Waals surface area contributed by atoms with Gasteiger partial charge in [-0.2, -0.15) is 0 Å². The van der Waals surface area contributed by atoms with E-state index in [1.54, 1.807) is 19.2 Å². The Balaban J connectivity index is 1.71. The van der Waals surface area contributed by atoms with Crippen LogP contribution < -0.4 is 10.6 Å². The predicted molar refractivity (Wildman–Crippen MR) is 129 cm³/mol. The van der Waals surface area contributed by atoms with Crippen LogP contribution in [0.5, 0.6) is 0 Å². The van der Waals surface area contributed by atoms with Gasteiger partial charge < -0.3 is 15.5 Å². The molecule has 1 aromatic heterocycles. The summed E-state index contributed by atoms with van der Waals surface area (Å²) in [6.07, 6.45) is 2.39. The monoisotopic (exact) mass is 456 g/mol. The molecule has 1 aliphatic rings. The van der Waals surface area contributed by atoms with Gasteiger partial charge in [0.2, 0.25) is 5.91 Å². The predicted octanol–water partition coefficient (Wildman–Crippen LogP) is 4.57. The van der Waals surface area contributed by atoms with Gasteiger partial charge in [0.05, 0.1) is 5.56 Å². The van der Waals surface area contributed by atoms with E-state index in [1.165, 1.54) is 11.8 Å². The summed E-state index contributed by atoms with van der Waals surface area (Å²) >= 11 is 6.06. The lowest BCUT2D eigenvalue weighted by molar-refractivity contribution is -0.137. The van der Waals surface area contributed by atoms with Crippen LogP contribution in [-0.2, 0) is 4.79 Å². The standard InChI is InChI=1S/C25H33ClN4O2/c1-16(2)22(29-23(31)18-8-11-21(27-5)28-14-18)24(32)30-13-12-20(25(3,4)15-30)17-6-9-19(26)10-7-17/h6-11,14,16,20,22H,12-13,15H2,1-5H3,(H,27,28)(H,29,31). The number of carbonyl (C=O) groups excluding carboxylic acids is 2. The Labute approximate surface area is 195 Å². The number of anilines is 1. The van der Waals surface area contributed by atoms with Crippen molar-refractivity contribution >= 4 is 29.2 Å². The van der Waals surface area contributed by atoms with E-state index in [0.29, 0.717) is 30.4 Å². The third-order valence-corrected chi connectivity index (χ3v) is 6.57. The van der Waals surface area contributed by atoms with Gasteiger partial charge in [-0.3, -0.25) is 9.59 Å². The maximum atomic E-state index is 13.5. The minimum absolute atomic E-state index is 0.0317. The Morgan fingerprint density at radius 3 is 2.38 bits per heavy atom. The molecule has 1 aromatic carbocycles. The van der Waals surface area contributed by atoms with Gasteiger partial charge in [0.1, 0.15) is 11.9 Å². The molecule has 2 amide bonds. The summed E-state index contributed by atoms with van der Waals surface area (Å²) in [5.74, 6) is 0.669. The van der Waals surface area contributed by atoms with Crippen molar-refractivity contribution in [1.82, 2.24) is 15.2 Å². The largest absolute Gasteiger partial charge is 0.373 e. The molecule has 2 N–H and O–H groups in total. The molecule has 0 spiro atoms. The summed E-state index contributed by atoms with van der Waals surface area (Å²) in [4.78, 5) is 32.3. The molecule has 0 aliphatic carbocycles. The number of benzene rings is 1. The molecule has 1 fully saturated rings. The summed E-state index contributed by atoms with van der Waals surface area (Å²) < 4.78 is 0. The number of halogens is 1. The first-order chi connectivity index (χ1) is 15.1. The number of nitrogens with zero attached hydrogens (tertiary/aromatic N) is 2. The number of piperidine rings is 1. The van der Waals surface area contributed by atoms with Crippen LogP contribution in [-0.4, -0.2) is 47.9 Å². The zero-order valence-electron chi connectivity index (χ0n) is 19.5. The second kappa shape index (κ2) is 9.90. The first-order valence-electron chi connectivity index (χ1n) is 11.1. The van der Waals surface area contributed by atoms with Crippen LogP contribution in [0.25, 0.3) is 0 Å². The van der Waals surface area contributed by atoms with Gasteiger partial charge >= 0.3 is 0 Å². The lowest BCUT2D eigenvalue weighted by atomic mass is 9.70. The molecule has 7 heteroatoms. The van der Waals surface area contributed by atoms with E-state index in [-0.39, 0.29) is 23.1 Å². The Morgan fingerprint density at radius 1 is 1.16 bits per heavy atom. The van der Waals surface area contributed by atoms with E-state index in [2.05, 4.69) is 41.6 Å². The second-order valence-corrected chi connectivity index (χ2v) is 9.95. The molecular formula is C25H33ClN4O2. The van der Waals surface area contributed by atoms with E-state index < -0.39 is 6.04 Å². The second-order valence-electron chi connectivity index (χ2n) is 9.52. The molecule has 2 heterocycles. The average molecular weight is 457 g/mol. The molecule has 1 aliphatic heterocycles. The number of carbonyl (C=O) groups is 2. The van der Waals surface area contributed by atoms with E-state index in [9.17, 15) is 9.59 Å². The lowest BCUT2D eigenvalue weighted by Gasteiger charge is -2.45. The van der Waals surface area contributed by atoms with Crippen molar-refractivity contribution < 1.29 is 9.59 Å². The van der Waals surface area contributed by atoms with Crippen molar-refractivity contribution in [3.8, 4) is 0 Å². The topological polar surface area (TPSA) is 74.3 Å². The minimum Gasteiger partial charge on any atom is -0.373 e. The number of hydrogen-bond acceptors (Lipinski definition) is 4. The average Bonchev–Trinajstić information content (AvgIpc) is 2.77. The summed E-state index contributed by atoms with van der Waals surface area (Å²) in [6, 6.07) is 10.9. The number of pyridine rings is 1. The molecule has 0 bridgehead atoms. The SMILES string of the molecule is CNc1ccc(C(=O)NC(C(=O)N2CCC(c3ccc(Cl)cc3)C(C)(C)C2)C(C)C)cn1. The van der Waals surface area contributed by atoms with Crippen LogP contribution in [0.3, 0.4) is 0 Å². The van der Waals surface area contributed by atoms with E-state index in [0.717, 1.165) is 11.4 Å². The lowest BCUT2D eigenvalue weighted by Crippen LogP contribution is -2.55. The van der Waals surface area contributed by atoms with E-state index in [4.69, 9.17) is 11.6 Å². The fourth-order valence-corrected chi connectivity index (χ4v) is 4.59. The zero-order chi connectivity index (χ0) is 23.5. The van der Waals surface area contributed by atoms with Crippen LogP contribution in [0.15, 0.2) is 42.6 Å². The maximum Gasteiger partial charge on any atom is 0.253 e. The molecule has 0 radical (unpaired) electrons. The number of nitrogens with one attached hydrogen (secondary N) is 2. The Kier molecular flexibility index (Phi) is 7.44. The van der Waals surface area contributed by atoms with Gasteiger partial charge in [0.15, 0.2) is 0 Å². The zero-order valence-corrected chi connectivity index (χ0v) is 20.2. The molecule has 172 valence electrons. The number of hydrogen-bond donors (Lipinski definition) is 2. The summed E-state index contributed by atoms with van der Waals surface area (Å²) in [5.41, 5.74) is 1.59.